The number of aromatic nitrogens is 1. The van der Waals surface area contributed by atoms with Crippen LogP contribution in [0.25, 0.3) is 10.9 Å². The van der Waals surface area contributed by atoms with Crippen LogP contribution in [0.5, 0.6) is 0 Å². The standard InChI is InChI=1S/C17H17N3S/c1-21-15-7-4-12(5-8-15)17(20-18)14-6-9-16-13(11-14)3-2-10-19-16/h2-11,17,20H,18H2,1H3. The van der Waals surface area contributed by atoms with Gasteiger partial charge in [0, 0.05) is 16.5 Å². The van der Waals surface area contributed by atoms with E-state index in [2.05, 4.69) is 59.1 Å². The summed E-state index contributed by atoms with van der Waals surface area (Å²) in [4.78, 5) is 5.60. The molecule has 1 atom stereocenters. The highest BCUT2D eigenvalue weighted by Gasteiger charge is 2.12. The lowest BCUT2D eigenvalue weighted by Gasteiger charge is -2.17. The van der Waals surface area contributed by atoms with Crippen LogP contribution in [0.2, 0.25) is 0 Å². The molecule has 3 N–H and O–H groups in total. The van der Waals surface area contributed by atoms with Gasteiger partial charge in [0.25, 0.3) is 0 Å². The minimum absolute atomic E-state index is 0.0227. The predicted octanol–water partition coefficient (Wildman–Crippen LogP) is 3.51. The Morgan fingerprint density at radius 3 is 2.52 bits per heavy atom. The lowest BCUT2D eigenvalue weighted by molar-refractivity contribution is 0.637. The summed E-state index contributed by atoms with van der Waals surface area (Å²) in [5, 5.41) is 1.12. The molecule has 1 unspecified atom stereocenters. The molecule has 0 saturated carbocycles. The van der Waals surface area contributed by atoms with Crippen LogP contribution in [0.1, 0.15) is 17.2 Å². The van der Waals surface area contributed by atoms with Crippen LogP contribution in [-0.2, 0) is 0 Å². The van der Waals surface area contributed by atoms with E-state index in [-0.39, 0.29) is 6.04 Å². The number of rotatable bonds is 4. The Morgan fingerprint density at radius 2 is 1.81 bits per heavy atom. The summed E-state index contributed by atoms with van der Waals surface area (Å²) in [6.45, 7) is 0. The summed E-state index contributed by atoms with van der Waals surface area (Å²) in [7, 11) is 0. The van der Waals surface area contributed by atoms with Gasteiger partial charge in [-0.05, 0) is 47.7 Å². The summed E-state index contributed by atoms with van der Waals surface area (Å²) in [5.74, 6) is 5.78. The van der Waals surface area contributed by atoms with E-state index in [1.165, 1.54) is 4.90 Å². The minimum Gasteiger partial charge on any atom is -0.271 e. The topological polar surface area (TPSA) is 50.9 Å². The van der Waals surface area contributed by atoms with E-state index >= 15 is 0 Å². The molecule has 0 spiro atoms. The number of hydrogen-bond donors (Lipinski definition) is 2. The molecule has 0 amide bonds. The van der Waals surface area contributed by atoms with Crippen molar-refractivity contribution in [2.45, 2.75) is 10.9 Å². The number of thioether (sulfide) groups is 1. The normalized spacial score (nSPS) is 12.5. The van der Waals surface area contributed by atoms with Crippen molar-refractivity contribution in [2.24, 2.45) is 5.84 Å². The third kappa shape index (κ3) is 2.93. The monoisotopic (exact) mass is 295 g/mol. The lowest BCUT2D eigenvalue weighted by Crippen LogP contribution is -2.28. The number of fused-ring (bicyclic) bond motifs is 1. The molecule has 0 aliphatic carbocycles. The second kappa shape index (κ2) is 6.26. The van der Waals surface area contributed by atoms with Crippen LogP contribution in [0, 0.1) is 0 Å². The smallest absolute Gasteiger partial charge is 0.0710 e. The minimum atomic E-state index is -0.0227. The zero-order chi connectivity index (χ0) is 14.7. The van der Waals surface area contributed by atoms with Crippen molar-refractivity contribution in [3.05, 3.63) is 71.9 Å². The zero-order valence-electron chi connectivity index (χ0n) is 11.8. The van der Waals surface area contributed by atoms with E-state index in [4.69, 9.17) is 5.84 Å². The maximum Gasteiger partial charge on any atom is 0.0710 e. The molecular formula is C17H17N3S. The van der Waals surface area contributed by atoms with Gasteiger partial charge in [-0.2, -0.15) is 0 Å². The van der Waals surface area contributed by atoms with Crippen LogP contribution in [0.3, 0.4) is 0 Å². The van der Waals surface area contributed by atoms with Gasteiger partial charge in [0.05, 0.1) is 11.6 Å². The van der Waals surface area contributed by atoms with Crippen LogP contribution >= 0.6 is 11.8 Å². The van der Waals surface area contributed by atoms with Crippen molar-refractivity contribution in [2.75, 3.05) is 6.26 Å². The van der Waals surface area contributed by atoms with Crippen LogP contribution in [-0.4, -0.2) is 11.2 Å². The van der Waals surface area contributed by atoms with Crippen molar-refractivity contribution in [1.29, 1.82) is 0 Å². The van der Waals surface area contributed by atoms with Crippen molar-refractivity contribution < 1.29 is 0 Å². The second-order valence-electron chi connectivity index (χ2n) is 4.83. The Bertz CT molecular complexity index is 740. The van der Waals surface area contributed by atoms with E-state index in [1.807, 2.05) is 18.3 Å². The number of nitrogens with zero attached hydrogens (tertiary/aromatic N) is 1. The predicted molar refractivity (Wildman–Crippen MR) is 89.1 cm³/mol. The molecule has 3 rings (SSSR count). The summed E-state index contributed by atoms with van der Waals surface area (Å²) < 4.78 is 0. The van der Waals surface area contributed by atoms with Crippen LogP contribution in [0.15, 0.2) is 65.7 Å². The number of benzene rings is 2. The molecule has 4 heteroatoms. The molecule has 106 valence electrons. The number of hydrazine groups is 1. The molecule has 2 aromatic carbocycles. The molecule has 1 heterocycles. The van der Waals surface area contributed by atoms with Crippen molar-refractivity contribution in [3.63, 3.8) is 0 Å². The van der Waals surface area contributed by atoms with Gasteiger partial charge in [-0.3, -0.25) is 10.8 Å². The van der Waals surface area contributed by atoms with Gasteiger partial charge in [0.15, 0.2) is 0 Å². The molecular weight excluding hydrogens is 278 g/mol. The van der Waals surface area contributed by atoms with Crippen molar-refractivity contribution in [3.8, 4) is 0 Å². The number of hydrogen-bond acceptors (Lipinski definition) is 4. The van der Waals surface area contributed by atoms with Crippen molar-refractivity contribution >= 4 is 22.7 Å². The van der Waals surface area contributed by atoms with E-state index < -0.39 is 0 Å². The molecule has 1 aromatic heterocycles. The van der Waals surface area contributed by atoms with Crippen LogP contribution in [0.4, 0.5) is 0 Å². The maximum absolute atomic E-state index is 5.78. The second-order valence-corrected chi connectivity index (χ2v) is 5.71. The quantitative estimate of drug-likeness (QED) is 0.439. The van der Waals surface area contributed by atoms with Gasteiger partial charge < -0.3 is 0 Å². The number of pyridine rings is 1. The first kappa shape index (κ1) is 14.1. The fourth-order valence-corrected chi connectivity index (χ4v) is 2.86. The summed E-state index contributed by atoms with van der Waals surface area (Å²) in [5.41, 5.74) is 6.19. The molecule has 0 saturated heterocycles. The van der Waals surface area contributed by atoms with Crippen molar-refractivity contribution in [1.82, 2.24) is 10.4 Å². The molecule has 21 heavy (non-hydrogen) atoms. The SMILES string of the molecule is CSc1ccc(C(NN)c2ccc3ncccc3c2)cc1. The van der Waals surface area contributed by atoms with Gasteiger partial charge in [-0.15, -0.1) is 11.8 Å². The van der Waals surface area contributed by atoms with Gasteiger partial charge in [-0.1, -0.05) is 24.3 Å². The zero-order valence-corrected chi connectivity index (χ0v) is 12.6. The molecule has 0 aliphatic rings. The summed E-state index contributed by atoms with van der Waals surface area (Å²) in [6.07, 6.45) is 3.88. The fraction of sp³-hybridized carbons (Fsp3) is 0.118. The van der Waals surface area contributed by atoms with Gasteiger partial charge in [0.2, 0.25) is 0 Å². The lowest BCUT2D eigenvalue weighted by atomic mass is 9.98. The summed E-state index contributed by atoms with van der Waals surface area (Å²) >= 11 is 1.73. The highest BCUT2D eigenvalue weighted by Crippen LogP contribution is 2.26. The van der Waals surface area contributed by atoms with Crippen LogP contribution < -0.4 is 11.3 Å². The third-order valence-electron chi connectivity index (χ3n) is 3.58. The molecule has 3 nitrogen and oxygen atoms in total. The number of nitrogens with one attached hydrogen (secondary N) is 1. The Balaban J connectivity index is 2.00. The van der Waals surface area contributed by atoms with Gasteiger partial charge in [0.1, 0.15) is 0 Å². The molecule has 0 bridgehead atoms. The molecule has 0 radical (unpaired) electrons. The number of nitrogens with two attached hydrogens (primary N) is 1. The average Bonchev–Trinajstić information content (AvgIpc) is 2.56. The molecule has 0 aliphatic heterocycles. The average molecular weight is 295 g/mol. The Kier molecular flexibility index (Phi) is 4.20. The fourth-order valence-electron chi connectivity index (χ4n) is 2.45. The first-order valence-electron chi connectivity index (χ1n) is 6.76. The van der Waals surface area contributed by atoms with E-state index in [1.54, 1.807) is 11.8 Å². The maximum atomic E-state index is 5.78. The Hall–Kier alpha value is -1.88. The third-order valence-corrected chi connectivity index (χ3v) is 4.32. The van der Waals surface area contributed by atoms with Gasteiger partial charge in [-0.25, -0.2) is 5.43 Å². The largest absolute Gasteiger partial charge is 0.271 e. The highest BCUT2D eigenvalue weighted by atomic mass is 32.2. The first-order chi connectivity index (χ1) is 10.3. The summed E-state index contributed by atoms with van der Waals surface area (Å²) in [6, 6.07) is 18.7. The van der Waals surface area contributed by atoms with Gasteiger partial charge >= 0.3 is 0 Å². The first-order valence-corrected chi connectivity index (χ1v) is 7.99. The van der Waals surface area contributed by atoms with E-state index in [0.29, 0.717) is 0 Å². The van der Waals surface area contributed by atoms with E-state index in [9.17, 15) is 0 Å². The Morgan fingerprint density at radius 1 is 1.05 bits per heavy atom. The van der Waals surface area contributed by atoms with E-state index in [0.717, 1.165) is 22.0 Å². The molecule has 3 aromatic rings. The molecule has 0 fully saturated rings. The Labute approximate surface area is 128 Å². The highest BCUT2D eigenvalue weighted by molar-refractivity contribution is 7.98.